The number of thiophene rings is 1. The van der Waals surface area contributed by atoms with E-state index in [1.54, 1.807) is 18.1 Å². The number of carbonyl (C=O) groups excluding carboxylic acids is 1. The second-order valence-electron chi connectivity index (χ2n) is 7.94. The van der Waals surface area contributed by atoms with Crippen LogP contribution in [0, 0.1) is 11.8 Å². The van der Waals surface area contributed by atoms with E-state index in [1.165, 1.54) is 60.8 Å². The molecule has 138 valence electrons. The summed E-state index contributed by atoms with van der Waals surface area (Å²) in [5, 5.41) is 2.24. The van der Waals surface area contributed by atoms with Gasteiger partial charge in [-0.05, 0) is 49.5 Å². The topological polar surface area (TPSA) is 46.1 Å². The summed E-state index contributed by atoms with van der Waals surface area (Å²) >= 11 is 3.43. The number of carbonyl (C=O) groups is 1. The van der Waals surface area contributed by atoms with Crippen LogP contribution in [0.3, 0.4) is 0 Å². The summed E-state index contributed by atoms with van der Waals surface area (Å²) in [6.07, 6.45) is 11.9. The second kappa shape index (κ2) is 7.12. The molecule has 0 unspecified atom stereocenters. The molecule has 0 spiro atoms. The molecule has 4 nitrogen and oxygen atoms in total. The summed E-state index contributed by atoms with van der Waals surface area (Å²) < 4.78 is 0. The summed E-state index contributed by atoms with van der Waals surface area (Å²) in [4.78, 5) is 26.5. The lowest BCUT2D eigenvalue weighted by Gasteiger charge is -2.41. The summed E-state index contributed by atoms with van der Waals surface area (Å²) in [7, 11) is 0. The Morgan fingerprint density at radius 2 is 2.04 bits per heavy atom. The Kier molecular flexibility index (Phi) is 4.65. The molecule has 6 heteroatoms. The van der Waals surface area contributed by atoms with Gasteiger partial charge in [-0.1, -0.05) is 31.0 Å². The van der Waals surface area contributed by atoms with E-state index in [0.29, 0.717) is 5.75 Å². The van der Waals surface area contributed by atoms with Crippen LogP contribution < -0.4 is 0 Å². The van der Waals surface area contributed by atoms with Gasteiger partial charge in [-0.25, -0.2) is 9.97 Å². The van der Waals surface area contributed by atoms with E-state index in [0.717, 1.165) is 41.2 Å². The van der Waals surface area contributed by atoms with Gasteiger partial charge in [0.15, 0.2) is 0 Å². The lowest BCUT2D eigenvalue weighted by Crippen LogP contribution is -2.45. The van der Waals surface area contributed by atoms with Gasteiger partial charge in [0.05, 0.1) is 5.75 Å². The molecule has 1 saturated heterocycles. The molecule has 0 bridgehead atoms. The lowest BCUT2D eigenvalue weighted by molar-refractivity contribution is -0.131. The number of likely N-dealkylation sites (tertiary alicyclic amines) is 1. The van der Waals surface area contributed by atoms with Crippen LogP contribution >= 0.6 is 23.1 Å². The number of rotatable bonds is 3. The van der Waals surface area contributed by atoms with Crippen LogP contribution in [0.5, 0.6) is 0 Å². The van der Waals surface area contributed by atoms with Crippen LogP contribution in [-0.4, -0.2) is 39.6 Å². The average Bonchev–Trinajstić information content (AvgIpc) is 3.26. The molecule has 26 heavy (non-hydrogen) atoms. The van der Waals surface area contributed by atoms with Crippen LogP contribution in [0.2, 0.25) is 0 Å². The molecule has 2 fully saturated rings. The van der Waals surface area contributed by atoms with E-state index in [1.807, 2.05) is 11.3 Å². The van der Waals surface area contributed by atoms with Crippen LogP contribution in [0.25, 0.3) is 10.2 Å². The molecular formula is C20H25N3OS2. The number of aryl methyl sites for hydroxylation is 2. The Morgan fingerprint density at radius 3 is 2.96 bits per heavy atom. The highest BCUT2D eigenvalue weighted by Crippen LogP contribution is 2.40. The maximum absolute atomic E-state index is 12.8. The molecule has 2 aromatic heterocycles. The fraction of sp³-hybridized carbons (Fsp3) is 0.650. The van der Waals surface area contributed by atoms with Gasteiger partial charge in [-0.15, -0.1) is 11.3 Å². The first kappa shape index (κ1) is 17.0. The molecule has 1 amide bonds. The van der Waals surface area contributed by atoms with Crippen molar-refractivity contribution in [1.82, 2.24) is 14.9 Å². The van der Waals surface area contributed by atoms with Crippen molar-refractivity contribution in [1.29, 1.82) is 0 Å². The van der Waals surface area contributed by atoms with Crippen molar-refractivity contribution < 1.29 is 4.79 Å². The molecule has 1 aliphatic heterocycles. The zero-order chi connectivity index (χ0) is 17.5. The van der Waals surface area contributed by atoms with Gasteiger partial charge >= 0.3 is 0 Å². The molecule has 5 rings (SSSR count). The number of thioether (sulfide) groups is 1. The Labute approximate surface area is 162 Å². The molecular weight excluding hydrogens is 362 g/mol. The van der Waals surface area contributed by atoms with Gasteiger partial charge in [0.1, 0.15) is 16.2 Å². The van der Waals surface area contributed by atoms with Gasteiger partial charge < -0.3 is 4.90 Å². The van der Waals surface area contributed by atoms with Gasteiger partial charge in [-0.3, -0.25) is 4.79 Å². The number of fused-ring (bicyclic) bond motifs is 4. The van der Waals surface area contributed by atoms with Gasteiger partial charge in [0.2, 0.25) is 5.91 Å². The first-order valence-corrected chi connectivity index (χ1v) is 11.8. The molecule has 0 N–H and O–H groups in total. The zero-order valence-electron chi connectivity index (χ0n) is 15.1. The molecule has 3 heterocycles. The van der Waals surface area contributed by atoms with Crippen molar-refractivity contribution in [2.75, 3.05) is 18.8 Å². The predicted octanol–water partition coefficient (Wildman–Crippen LogP) is 4.31. The van der Waals surface area contributed by atoms with Crippen LogP contribution in [0.15, 0.2) is 11.4 Å². The number of nitrogens with zero attached hydrogens (tertiary/aromatic N) is 3. The number of piperidine rings is 1. The van der Waals surface area contributed by atoms with Crippen LogP contribution in [-0.2, 0) is 17.6 Å². The Morgan fingerprint density at radius 1 is 1.15 bits per heavy atom. The number of aromatic nitrogens is 2. The first-order valence-electron chi connectivity index (χ1n) is 9.95. The highest BCUT2D eigenvalue weighted by atomic mass is 32.2. The first-order chi connectivity index (χ1) is 12.8. The third-order valence-corrected chi connectivity index (χ3v) is 8.62. The maximum Gasteiger partial charge on any atom is 0.232 e. The molecule has 2 atom stereocenters. The van der Waals surface area contributed by atoms with Crippen LogP contribution in [0.1, 0.15) is 49.0 Å². The number of hydrogen-bond donors (Lipinski definition) is 0. The van der Waals surface area contributed by atoms with E-state index in [9.17, 15) is 4.79 Å². The molecule has 2 aromatic rings. The van der Waals surface area contributed by atoms with Crippen LogP contribution in [0.4, 0.5) is 0 Å². The summed E-state index contributed by atoms with van der Waals surface area (Å²) in [6, 6.07) is 0. The number of hydrogen-bond acceptors (Lipinski definition) is 5. The lowest BCUT2D eigenvalue weighted by atomic mass is 9.75. The summed E-state index contributed by atoms with van der Waals surface area (Å²) in [5.41, 5.74) is 1.45. The highest BCUT2D eigenvalue weighted by Gasteiger charge is 2.33. The Hall–Kier alpha value is -1.14. The van der Waals surface area contributed by atoms with E-state index in [2.05, 4.69) is 14.9 Å². The summed E-state index contributed by atoms with van der Waals surface area (Å²) in [6.45, 7) is 1.94. The SMILES string of the molecule is O=C(CSc1ncnc2sc3c(c12)CCC3)N1CC[C@@H]2CCCC[C@@H]2C1. The smallest absolute Gasteiger partial charge is 0.232 e. The Bertz CT molecular complexity index is 834. The van der Waals surface area contributed by atoms with Gasteiger partial charge in [-0.2, -0.15) is 0 Å². The van der Waals surface area contributed by atoms with Gasteiger partial charge in [0, 0.05) is 23.4 Å². The van der Waals surface area contributed by atoms with Crippen molar-refractivity contribution >= 4 is 39.2 Å². The van der Waals surface area contributed by atoms with Crippen molar-refractivity contribution in [3.05, 3.63) is 16.8 Å². The molecule has 0 aromatic carbocycles. The zero-order valence-corrected chi connectivity index (χ0v) is 16.7. The van der Waals surface area contributed by atoms with E-state index >= 15 is 0 Å². The minimum Gasteiger partial charge on any atom is -0.342 e. The largest absolute Gasteiger partial charge is 0.342 e. The third kappa shape index (κ3) is 3.05. The fourth-order valence-corrected chi connectivity index (χ4v) is 7.28. The van der Waals surface area contributed by atoms with Crippen molar-refractivity contribution in [3.8, 4) is 0 Å². The fourth-order valence-electron chi connectivity index (χ4n) is 5.06. The minimum absolute atomic E-state index is 0.290. The standard InChI is InChI=1S/C20H25N3OS2/c24-17(23-9-8-13-4-1-2-5-14(13)10-23)11-25-19-18-15-6-3-7-16(15)26-20(18)22-12-21-19/h12-14H,1-11H2/t13-,14+/m0/s1. The van der Waals surface area contributed by atoms with E-state index in [-0.39, 0.29) is 5.91 Å². The van der Waals surface area contributed by atoms with Crippen molar-refractivity contribution in [3.63, 3.8) is 0 Å². The van der Waals surface area contributed by atoms with Gasteiger partial charge in [0.25, 0.3) is 0 Å². The summed E-state index contributed by atoms with van der Waals surface area (Å²) in [5.74, 6) is 2.42. The Balaban J connectivity index is 1.28. The van der Waals surface area contributed by atoms with E-state index < -0.39 is 0 Å². The molecule has 3 aliphatic rings. The minimum atomic E-state index is 0.290. The molecule has 1 saturated carbocycles. The van der Waals surface area contributed by atoms with E-state index in [4.69, 9.17) is 0 Å². The molecule has 0 radical (unpaired) electrons. The normalized spacial score (nSPS) is 25.3. The number of amides is 1. The predicted molar refractivity (Wildman–Crippen MR) is 107 cm³/mol. The second-order valence-corrected chi connectivity index (χ2v) is 9.99. The van der Waals surface area contributed by atoms with Crippen molar-refractivity contribution in [2.45, 2.75) is 56.4 Å². The average molecular weight is 388 g/mol. The van der Waals surface area contributed by atoms with Crippen molar-refractivity contribution in [2.24, 2.45) is 11.8 Å². The molecule has 2 aliphatic carbocycles. The highest BCUT2D eigenvalue weighted by molar-refractivity contribution is 8.00. The quantitative estimate of drug-likeness (QED) is 0.581. The maximum atomic E-state index is 12.8. The monoisotopic (exact) mass is 387 g/mol. The third-order valence-electron chi connectivity index (χ3n) is 6.44.